The number of β-lactam (4-membered cyclic amide) rings is 1. The highest BCUT2D eigenvalue weighted by Crippen LogP contribution is 2.43. The lowest BCUT2D eigenvalue weighted by molar-refractivity contribution is -0.154. The van der Waals surface area contributed by atoms with Gasteiger partial charge in [0.05, 0.1) is 6.42 Å². The van der Waals surface area contributed by atoms with Crippen LogP contribution < -0.4 is 5.32 Å². The first-order valence-corrected chi connectivity index (χ1v) is 16.8. The van der Waals surface area contributed by atoms with E-state index in [4.69, 9.17) is 4.74 Å². The molecule has 6 rings (SSSR count). The van der Waals surface area contributed by atoms with Crippen molar-refractivity contribution in [2.75, 3.05) is 17.3 Å². The van der Waals surface area contributed by atoms with Gasteiger partial charge in [0.25, 0.3) is 5.91 Å². The molecule has 1 N–H and O–H groups in total. The minimum Gasteiger partial charge on any atom is -0.448 e. The van der Waals surface area contributed by atoms with E-state index < -0.39 is 23.5 Å². The fraction of sp³-hybridized carbons (Fsp3) is 0.212. The van der Waals surface area contributed by atoms with Crippen LogP contribution in [-0.2, 0) is 30.3 Å². The number of nitrogens with one attached hydrogen (secondary N) is 1. The molecule has 0 radical (unpaired) electrons. The first-order chi connectivity index (χ1) is 21.0. The van der Waals surface area contributed by atoms with E-state index in [1.54, 1.807) is 6.08 Å². The number of rotatable bonds is 10. The van der Waals surface area contributed by atoms with Gasteiger partial charge in [0.1, 0.15) is 17.1 Å². The number of thioether (sulfide) groups is 3. The van der Waals surface area contributed by atoms with Gasteiger partial charge in [-0.3, -0.25) is 19.3 Å². The van der Waals surface area contributed by atoms with Gasteiger partial charge in [-0.15, -0.1) is 23.5 Å². The molecule has 3 heterocycles. The molecule has 2 atom stereocenters. The zero-order valence-corrected chi connectivity index (χ0v) is 25.5. The maximum absolute atomic E-state index is 14.1. The van der Waals surface area contributed by atoms with E-state index in [2.05, 4.69) is 5.32 Å². The molecule has 3 aliphatic heterocycles. The van der Waals surface area contributed by atoms with Crippen LogP contribution in [0.2, 0.25) is 0 Å². The topological polar surface area (TPSA) is 92.8 Å². The van der Waals surface area contributed by atoms with Crippen LogP contribution >= 0.6 is 35.3 Å². The van der Waals surface area contributed by atoms with Crippen molar-refractivity contribution in [1.82, 2.24) is 10.2 Å². The van der Waals surface area contributed by atoms with Crippen molar-refractivity contribution in [2.45, 2.75) is 23.9 Å². The van der Waals surface area contributed by atoms with Crippen LogP contribution in [0.15, 0.2) is 113 Å². The summed E-state index contributed by atoms with van der Waals surface area (Å²) < 4.78 is 6.21. The number of carbonyl (C=O) groups excluding carboxylic acids is 4. The second kappa shape index (κ2) is 13.3. The SMILES string of the molecule is O=C(Cc1ccccc1)N[C@@H]1C(=O)N2C(C(=O)OC(c3ccccc3)c3ccccc3)=C(CSC3=CC(=O)SC3)CS[C@H]12. The summed E-state index contributed by atoms with van der Waals surface area (Å²) in [6.07, 6.45) is 1.12. The molecule has 0 aromatic heterocycles. The maximum atomic E-state index is 14.1. The summed E-state index contributed by atoms with van der Waals surface area (Å²) in [7, 11) is 0. The monoisotopic (exact) mass is 628 g/mol. The minimum atomic E-state index is -0.733. The molecule has 7 nitrogen and oxygen atoms in total. The van der Waals surface area contributed by atoms with Crippen molar-refractivity contribution in [1.29, 1.82) is 0 Å². The summed E-state index contributed by atoms with van der Waals surface area (Å²) in [4.78, 5) is 54.6. The molecule has 3 aromatic carbocycles. The summed E-state index contributed by atoms with van der Waals surface area (Å²) >= 11 is 4.27. The van der Waals surface area contributed by atoms with Gasteiger partial charge in [0.15, 0.2) is 6.10 Å². The average Bonchev–Trinajstić information content (AvgIpc) is 3.47. The van der Waals surface area contributed by atoms with E-state index >= 15 is 0 Å². The van der Waals surface area contributed by atoms with Crippen molar-refractivity contribution < 1.29 is 23.9 Å². The van der Waals surface area contributed by atoms with E-state index in [9.17, 15) is 19.2 Å². The van der Waals surface area contributed by atoms with Gasteiger partial charge in [-0.05, 0) is 27.2 Å². The van der Waals surface area contributed by atoms with Crippen LogP contribution in [-0.4, -0.2) is 56.5 Å². The molecule has 3 aromatic rings. The summed E-state index contributed by atoms with van der Waals surface area (Å²) in [5, 5.41) is 2.49. The number of esters is 1. The Morgan fingerprint density at radius 1 is 0.907 bits per heavy atom. The standard InChI is InChI=1S/C33H28N2O5S3/c36-26(16-21-10-4-1-5-11-21)34-28-31(38)35-29(24(19-43-32(28)35)18-41-25-17-27(37)42-20-25)33(39)40-30(22-12-6-2-7-13-22)23-14-8-3-9-15-23/h1-15,17,28,30,32H,16,18-20H2,(H,34,36)/t28-,32-/m1/s1. The number of hydrogen-bond acceptors (Lipinski definition) is 8. The lowest BCUT2D eigenvalue weighted by atomic mass is 10.0. The van der Waals surface area contributed by atoms with Crippen LogP contribution in [0, 0.1) is 0 Å². The Morgan fingerprint density at radius 3 is 2.14 bits per heavy atom. The van der Waals surface area contributed by atoms with Gasteiger partial charge >= 0.3 is 5.97 Å². The molecule has 2 amide bonds. The molecule has 0 saturated carbocycles. The van der Waals surface area contributed by atoms with Crippen molar-refractivity contribution in [2.24, 2.45) is 0 Å². The number of nitrogens with zero attached hydrogens (tertiary/aromatic N) is 1. The van der Waals surface area contributed by atoms with Crippen LogP contribution in [0.5, 0.6) is 0 Å². The van der Waals surface area contributed by atoms with Gasteiger partial charge in [-0.25, -0.2) is 4.79 Å². The summed E-state index contributed by atoms with van der Waals surface area (Å²) in [6.45, 7) is 0. The van der Waals surface area contributed by atoms with E-state index in [-0.39, 0.29) is 29.0 Å². The molecule has 3 aliphatic rings. The first-order valence-electron chi connectivity index (χ1n) is 13.8. The third kappa shape index (κ3) is 6.61. The Morgan fingerprint density at radius 2 is 1.53 bits per heavy atom. The van der Waals surface area contributed by atoms with E-state index in [1.165, 1.54) is 40.2 Å². The Kier molecular flexibility index (Phi) is 9.06. The van der Waals surface area contributed by atoms with Crippen LogP contribution in [0.4, 0.5) is 0 Å². The predicted molar refractivity (Wildman–Crippen MR) is 171 cm³/mol. The van der Waals surface area contributed by atoms with E-state index in [0.29, 0.717) is 17.3 Å². The summed E-state index contributed by atoms with van der Waals surface area (Å²) in [5.41, 5.74) is 3.48. The average molecular weight is 629 g/mol. The maximum Gasteiger partial charge on any atom is 0.356 e. The lowest BCUT2D eigenvalue weighted by Crippen LogP contribution is -2.70. The first kappa shape index (κ1) is 29.3. The number of ether oxygens (including phenoxy) is 1. The van der Waals surface area contributed by atoms with E-state index in [1.807, 2.05) is 91.0 Å². The normalized spacial score (nSPS) is 19.6. The molecular formula is C33H28N2O5S3. The number of hydrogen-bond donors (Lipinski definition) is 1. The second-order valence-corrected chi connectivity index (χ2v) is 13.4. The minimum absolute atomic E-state index is 0.0229. The third-order valence-electron chi connectivity index (χ3n) is 7.26. The smallest absolute Gasteiger partial charge is 0.356 e. The van der Waals surface area contributed by atoms with Gasteiger partial charge in [0.2, 0.25) is 11.0 Å². The van der Waals surface area contributed by atoms with Crippen LogP contribution in [0.3, 0.4) is 0 Å². The molecule has 10 heteroatoms. The molecule has 0 aliphatic carbocycles. The highest BCUT2D eigenvalue weighted by atomic mass is 32.2. The number of benzene rings is 3. The molecule has 1 saturated heterocycles. The van der Waals surface area contributed by atoms with Crippen molar-refractivity contribution in [3.05, 3.63) is 130 Å². The fourth-order valence-electron chi connectivity index (χ4n) is 5.16. The van der Waals surface area contributed by atoms with Gasteiger partial charge in [-0.1, -0.05) is 103 Å². The Bertz CT molecular complexity index is 1550. The highest BCUT2D eigenvalue weighted by Gasteiger charge is 2.54. The van der Waals surface area contributed by atoms with Gasteiger partial charge in [-0.2, -0.15) is 0 Å². The largest absolute Gasteiger partial charge is 0.448 e. The van der Waals surface area contributed by atoms with Gasteiger partial charge in [0, 0.05) is 23.3 Å². The van der Waals surface area contributed by atoms with E-state index in [0.717, 1.165) is 27.2 Å². The molecule has 218 valence electrons. The number of carbonyl (C=O) groups is 4. The van der Waals surface area contributed by atoms with Crippen molar-refractivity contribution in [3.63, 3.8) is 0 Å². The Balaban J connectivity index is 1.26. The third-order valence-corrected chi connectivity index (χ3v) is 10.8. The second-order valence-electron chi connectivity index (χ2n) is 10.2. The number of fused-ring (bicyclic) bond motifs is 1. The van der Waals surface area contributed by atoms with Crippen LogP contribution in [0.25, 0.3) is 0 Å². The number of amides is 2. The predicted octanol–water partition coefficient (Wildman–Crippen LogP) is 5.11. The molecule has 0 spiro atoms. The lowest BCUT2D eigenvalue weighted by Gasteiger charge is -2.50. The molecule has 1 fully saturated rings. The Hall–Kier alpha value is -3.73. The van der Waals surface area contributed by atoms with Gasteiger partial charge < -0.3 is 10.1 Å². The quantitative estimate of drug-likeness (QED) is 0.245. The van der Waals surface area contributed by atoms with Crippen LogP contribution in [0.1, 0.15) is 22.8 Å². The zero-order valence-electron chi connectivity index (χ0n) is 23.0. The zero-order chi connectivity index (χ0) is 29.8. The molecular weight excluding hydrogens is 601 g/mol. The van der Waals surface area contributed by atoms with Crippen molar-refractivity contribution >= 4 is 58.2 Å². The molecule has 0 bridgehead atoms. The highest BCUT2D eigenvalue weighted by molar-refractivity contribution is 8.16. The van der Waals surface area contributed by atoms with Crippen molar-refractivity contribution in [3.8, 4) is 0 Å². The molecule has 0 unspecified atom stereocenters. The fourth-order valence-corrected chi connectivity index (χ4v) is 8.60. The Labute approximate surface area is 262 Å². The molecule has 43 heavy (non-hydrogen) atoms. The summed E-state index contributed by atoms with van der Waals surface area (Å²) in [6, 6.07) is 27.6. The summed E-state index contributed by atoms with van der Waals surface area (Å²) in [5.74, 6) is 0.367.